The molecule has 15 heavy (non-hydrogen) atoms. The van der Waals surface area contributed by atoms with Crippen molar-refractivity contribution in [2.24, 2.45) is 0 Å². The van der Waals surface area contributed by atoms with Gasteiger partial charge in [-0.15, -0.1) is 0 Å². The zero-order chi connectivity index (χ0) is 11.3. The zero-order valence-electron chi connectivity index (χ0n) is 9.12. The minimum atomic E-state index is -0.881. The standard InChI is InChI=1S/C12H16O3/c1-3-7-15-10-5-6-11(12(13)14)9(4-2)8-10/h5-6,8H,3-4,7H2,1-2H3,(H,13,14). The van der Waals surface area contributed by atoms with E-state index in [1.807, 2.05) is 13.8 Å². The van der Waals surface area contributed by atoms with Crippen LogP contribution in [0.5, 0.6) is 5.75 Å². The second-order valence-corrected chi connectivity index (χ2v) is 3.33. The van der Waals surface area contributed by atoms with E-state index >= 15 is 0 Å². The van der Waals surface area contributed by atoms with E-state index in [0.29, 0.717) is 18.6 Å². The third kappa shape index (κ3) is 2.98. The molecular weight excluding hydrogens is 192 g/mol. The van der Waals surface area contributed by atoms with Gasteiger partial charge in [-0.25, -0.2) is 4.79 Å². The first kappa shape index (κ1) is 11.6. The number of hydrogen-bond acceptors (Lipinski definition) is 2. The Kier molecular flexibility index (Phi) is 4.16. The normalized spacial score (nSPS) is 10.0. The summed E-state index contributed by atoms with van der Waals surface area (Å²) in [5.41, 5.74) is 1.18. The number of carboxylic acid groups (broad SMARTS) is 1. The van der Waals surface area contributed by atoms with Crippen LogP contribution in [0.15, 0.2) is 18.2 Å². The van der Waals surface area contributed by atoms with Crippen LogP contribution >= 0.6 is 0 Å². The Labute approximate surface area is 89.7 Å². The molecule has 0 radical (unpaired) electrons. The third-order valence-electron chi connectivity index (χ3n) is 2.16. The van der Waals surface area contributed by atoms with Crippen LogP contribution in [0.4, 0.5) is 0 Å². The van der Waals surface area contributed by atoms with Gasteiger partial charge < -0.3 is 9.84 Å². The molecule has 0 saturated heterocycles. The number of ether oxygens (including phenoxy) is 1. The summed E-state index contributed by atoms with van der Waals surface area (Å²) in [6.07, 6.45) is 1.65. The van der Waals surface area contributed by atoms with Crippen LogP contribution in [-0.4, -0.2) is 17.7 Å². The van der Waals surface area contributed by atoms with Crippen molar-refractivity contribution in [1.29, 1.82) is 0 Å². The molecule has 3 heteroatoms. The maximum atomic E-state index is 10.9. The second-order valence-electron chi connectivity index (χ2n) is 3.33. The van der Waals surface area contributed by atoms with Gasteiger partial charge in [-0.1, -0.05) is 13.8 Å². The van der Waals surface area contributed by atoms with Crippen molar-refractivity contribution in [3.8, 4) is 5.75 Å². The lowest BCUT2D eigenvalue weighted by molar-refractivity contribution is 0.0695. The highest BCUT2D eigenvalue weighted by Gasteiger charge is 2.09. The summed E-state index contributed by atoms with van der Waals surface area (Å²) >= 11 is 0. The van der Waals surface area contributed by atoms with Gasteiger partial charge in [0, 0.05) is 0 Å². The molecule has 0 fully saturated rings. The maximum absolute atomic E-state index is 10.9. The highest BCUT2D eigenvalue weighted by molar-refractivity contribution is 5.89. The summed E-state index contributed by atoms with van der Waals surface area (Å²) in [4.78, 5) is 10.9. The molecule has 0 bridgehead atoms. The van der Waals surface area contributed by atoms with E-state index < -0.39 is 5.97 Å². The summed E-state index contributed by atoms with van der Waals surface area (Å²) in [5.74, 6) is -0.132. The van der Waals surface area contributed by atoms with Crippen LogP contribution in [0, 0.1) is 0 Å². The van der Waals surface area contributed by atoms with Crippen molar-refractivity contribution in [2.75, 3.05) is 6.61 Å². The molecule has 1 N–H and O–H groups in total. The molecule has 82 valence electrons. The molecule has 0 aliphatic carbocycles. The number of rotatable bonds is 5. The number of carboxylic acids is 1. The fourth-order valence-electron chi connectivity index (χ4n) is 1.38. The quantitative estimate of drug-likeness (QED) is 0.809. The van der Waals surface area contributed by atoms with Crippen LogP contribution in [-0.2, 0) is 6.42 Å². The summed E-state index contributed by atoms with van der Waals surface area (Å²) < 4.78 is 5.44. The lowest BCUT2D eigenvalue weighted by atomic mass is 10.1. The molecule has 0 saturated carbocycles. The summed E-state index contributed by atoms with van der Waals surface area (Å²) in [7, 11) is 0. The molecule has 0 aromatic heterocycles. The van der Waals surface area contributed by atoms with E-state index in [9.17, 15) is 4.79 Å². The molecule has 0 aliphatic rings. The Hall–Kier alpha value is -1.51. The van der Waals surface area contributed by atoms with Crippen LogP contribution in [0.1, 0.15) is 36.2 Å². The predicted molar refractivity (Wildman–Crippen MR) is 58.6 cm³/mol. The molecule has 0 unspecified atom stereocenters. The molecule has 1 rings (SSSR count). The van der Waals surface area contributed by atoms with Crippen molar-refractivity contribution < 1.29 is 14.6 Å². The van der Waals surface area contributed by atoms with E-state index in [4.69, 9.17) is 9.84 Å². The first-order valence-electron chi connectivity index (χ1n) is 5.18. The van der Waals surface area contributed by atoms with Gasteiger partial charge in [-0.3, -0.25) is 0 Å². The molecule has 3 nitrogen and oxygen atoms in total. The molecule has 0 amide bonds. The van der Waals surface area contributed by atoms with Crippen molar-refractivity contribution in [3.63, 3.8) is 0 Å². The molecule has 0 heterocycles. The van der Waals surface area contributed by atoms with Crippen molar-refractivity contribution >= 4 is 5.97 Å². The number of aromatic carboxylic acids is 1. The monoisotopic (exact) mass is 208 g/mol. The first-order valence-corrected chi connectivity index (χ1v) is 5.18. The third-order valence-corrected chi connectivity index (χ3v) is 2.16. The van der Waals surface area contributed by atoms with E-state index in [2.05, 4.69) is 0 Å². The van der Waals surface area contributed by atoms with Gasteiger partial charge in [0.15, 0.2) is 0 Å². The maximum Gasteiger partial charge on any atom is 0.335 e. The van der Waals surface area contributed by atoms with E-state index in [1.54, 1.807) is 18.2 Å². The highest BCUT2D eigenvalue weighted by Crippen LogP contribution is 2.18. The fourth-order valence-corrected chi connectivity index (χ4v) is 1.38. The summed E-state index contributed by atoms with van der Waals surface area (Å²) in [5, 5.41) is 8.92. The van der Waals surface area contributed by atoms with Crippen LogP contribution in [0.3, 0.4) is 0 Å². The van der Waals surface area contributed by atoms with Crippen LogP contribution in [0.25, 0.3) is 0 Å². The molecule has 1 aromatic rings. The Morgan fingerprint density at radius 3 is 2.67 bits per heavy atom. The Morgan fingerprint density at radius 1 is 1.40 bits per heavy atom. The minimum Gasteiger partial charge on any atom is -0.494 e. The van der Waals surface area contributed by atoms with E-state index in [0.717, 1.165) is 17.7 Å². The van der Waals surface area contributed by atoms with E-state index in [-0.39, 0.29) is 0 Å². The largest absolute Gasteiger partial charge is 0.494 e. The number of benzene rings is 1. The van der Waals surface area contributed by atoms with Gasteiger partial charge in [-0.2, -0.15) is 0 Å². The van der Waals surface area contributed by atoms with Gasteiger partial charge in [0.05, 0.1) is 12.2 Å². The average molecular weight is 208 g/mol. The highest BCUT2D eigenvalue weighted by atomic mass is 16.5. The van der Waals surface area contributed by atoms with E-state index in [1.165, 1.54) is 0 Å². The van der Waals surface area contributed by atoms with Crippen molar-refractivity contribution in [1.82, 2.24) is 0 Å². The molecule has 0 spiro atoms. The summed E-state index contributed by atoms with van der Waals surface area (Å²) in [6, 6.07) is 5.11. The Balaban J connectivity index is 2.92. The molecule has 1 aromatic carbocycles. The smallest absolute Gasteiger partial charge is 0.335 e. The lowest BCUT2D eigenvalue weighted by Gasteiger charge is -2.08. The van der Waals surface area contributed by atoms with Crippen LogP contribution in [0.2, 0.25) is 0 Å². The van der Waals surface area contributed by atoms with Crippen molar-refractivity contribution in [3.05, 3.63) is 29.3 Å². The minimum absolute atomic E-state index is 0.362. The second kappa shape index (κ2) is 5.39. The fraction of sp³-hybridized carbons (Fsp3) is 0.417. The number of carbonyl (C=O) groups is 1. The average Bonchev–Trinajstić information content (AvgIpc) is 2.25. The van der Waals surface area contributed by atoms with Gasteiger partial charge in [0.1, 0.15) is 5.75 Å². The van der Waals surface area contributed by atoms with Gasteiger partial charge in [0.25, 0.3) is 0 Å². The van der Waals surface area contributed by atoms with Crippen LogP contribution < -0.4 is 4.74 Å². The Bertz CT molecular complexity index is 345. The summed E-state index contributed by atoms with van der Waals surface area (Å²) in [6.45, 7) is 4.63. The molecule has 0 aliphatic heterocycles. The van der Waals surface area contributed by atoms with Crippen molar-refractivity contribution in [2.45, 2.75) is 26.7 Å². The zero-order valence-corrected chi connectivity index (χ0v) is 9.12. The first-order chi connectivity index (χ1) is 7.19. The van der Waals surface area contributed by atoms with Gasteiger partial charge >= 0.3 is 5.97 Å². The topological polar surface area (TPSA) is 46.5 Å². The molecular formula is C12H16O3. The number of aryl methyl sites for hydroxylation is 1. The SMILES string of the molecule is CCCOc1ccc(C(=O)O)c(CC)c1. The van der Waals surface area contributed by atoms with Gasteiger partial charge in [0.2, 0.25) is 0 Å². The lowest BCUT2D eigenvalue weighted by Crippen LogP contribution is -2.03. The number of hydrogen-bond donors (Lipinski definition) is 1. The molecule has 0 atom stereocenters. The van der Waals surface area contributed by atoms with Gasteiger partial charge in [-0.05, 0) is 36.6 Å². The predicted octanol–water partition coefficient (Wildman–Crippen LogP) is 2.74. The Morgan fingerprint density at radius 2 is 2.13 bits per heavy atom.